The summed E-state index contributed by atoms with van der Waals surface area (Å²) in [5.41, 5.74) is 6.48. The van der Waals surface area contributed by atoms with E-state index in [0.717, 1.165) is 19.4 Å². The number of rotatable bonds is 3. The van der Waals surface area contributed by atoms with E-state index in [1.54, 1.807) is 18.2 Å². The maximum absolute atomic E-state index is 12.0. The summed E-state index contributed by atoms with van der Waals surface area (Å²) in [6.07, 6.45) is 1.55. The quantitative estimate of drug-likeness (QED) is 0.653. The highest BCUT2D eigenvalue weighted by atomic mass is 16.6. The molecule has 1 fully saturated rings. The van der Waals surface area contributed by atoms with Crippen LogP contribution in [0.2, 0.25) is 0 Å². The van der Waals surface area contributed by atoms with Gasteiger partial charge in [0.05, 0.1) is 19.3 Å². The lowest BCUT2D eigenvalue weighted by Crippen LogP contribution is -2.28. The molecule has 1 aliphatic heterocycles. The normalized spacial score (nSPS) is 19.3. The van der Waals surface area contributed by atoms with Gasteiger partial charge in [-0.1, -0.05) is 0 Å². The fraction of sp³-hybridized carbons (Fsp3) is 0.462. The van der Waals surface area contributed by atoms with Crippen LogP contribution in [0.25, 0.3) is 0 Å². The number of ether oxygens (including phenoxy) is 3. The molecule has 1 atom stereocenters. The van der Waals surface area contributed by atoms with Crippen molar-refractivity contribution < 1.29 is 19.0 Å². The first kappa shape index (κ1) is 12.7. The zero-order chi connectivity index (χ0) is 13.0. The van der Waals surface area contributed by atoms with Gasteiger partial charge in [0.25, 0.3) is 0 Å². The van der Waals surface area contributed by atoms with Crippen molar-refractivity contribution in [1.82, 2.24) is 0 Å². The molecule has 0 saturated carbocycles. The van der Waals surface area contributed by atoms with E-state index in [0.29, 0.717) is 23.6 Å². The minimum Gasteiger partial charge on any atom is -0.497 e. The van der Waals surface area contributed by atoms with E-state index in [1.807, 2.05) is 0 Å². The second-order valence-corrected chi connectivity index (χ2v) is 4.20. The average molecular weight is 251 g/mol. The van der Waals surface area contributed by atoms with Gasteiger partial charge < -0.3 is 19.9 Å². The van der Waals surface area contributed by atoms with Crippen molar-refractivity contribution >= 4 is 11.7 Å². The van der Waals surface area contributed by atoms with Gasteiger partial charge in [-0.05, 0) is 31.0 Å². The molecule has 0 amide bonds. The van der Waals surface area contributed by atoms with E-state index < -0.39 is 5.97 Å². The number of benzene rings is 1. The zero-order valence-corrected chi connectivity index (χ0v) is 10.3. The van der Waals surface area contributed by atoms with Crippen molar-refractivity contribution in [2.75, 3.05) is 26.1 Å². The molecule has 0 aliphatic carbocycles. The number of hydrogen-bond donors (Lipinski definition) is 1. The van der Waals surface area contributed by atoms with Crippen LogP contribution in [0.4, 0.5) is 5.69 Å². The minimum atomic E-state index is -0.429. The molecule has 5 nitrogen and oxygen atoms in total. The second kappa shape index (κ2) is 5.73. The van der Waals surface area contributed by atoms with Crippen LogP contribution in [-0.4, -0.2) is 32.4 Å². The Kier molecular flexibility index (Phi) is 4.04. The van der Waals surface area contributed by atoms with Crippen LogP contribution in [0.3, 0.4) is 0 Å². The van der Waals surface area contributed by atoms with Crippen molar-refractivity contribution in [2.24, 2.45) is 0 Å². The highest BCUT2D eigenvalue weighted by Gasteiger charge is 2.20. The molecule has 98 valence electrons. The Hall–Kier alpha value is -1.75. The van der Waals surface area contributed by atoms with Crippen LogP contribution in [-0.2, 0) is 9.47 Å². The van der Waals surface area contributed by atoms with Gasteiger partial charge in [-0.25, -0.2) is 4.79 Å². The van der Waals surface area contributed by atoms with Crippen molar-refractivity contribution in [2.45, 2.75) is 18.9 Å². The molecule has 1 unspecified atom stereocenters. The number of hydrogen-bond acceptors (Lipinski definition) is 5. The lowest BCUT2D eigenvalue weighted by atomic mass is 10.1. The number of carbonyl (C=O) groups excluding carboxylic acids is 1. The van der Waals surface area contributed by atoms with Gasteiger partial charge in [0.15, 0.2) is 0 Å². The smallest absolute Gasteiger partial charge is 0.340 e. The summed E-state index contributed by atoms with van der Waals surface area (Å²) in [6, 6.07) is 4.92. The summed E-state index contributed by atoms with van der Waals surface area (Å²) >= 11 is 0. The molecule has 2 N–H and O–H groups in total. The van der Waals surface area contributed by atoms with Gasteiger partial charge in [-0.2, -0.15) is 0 Å². The molecule has 2 rings (SSSR count). The number of nitrogens with two attached hydrogens (primary N) is 1. The Bertz CT molecular complexity index is 427. The van der Waals surface area contributed by atoms with Gasteiger partial charge in [0.2, 0.25) is 0 Å². The summed E-state index contributed by atoms with van der Waals surface area (Å²) in [4.78, 5) is 12.0. The third kappa shape index (κ3) is 2.92. The molecular formula is C13H17NO4. The number of anilines is 1. The van der Waals surface area contributed by atoms with E-state index in [9.17, 15) is 4.79 Å². The van der Waals surface area contributed by atoms with E-state index in [4.69, 9.17) is 19.9 Å². The molecule has 0 aromatic heterocycles. The van der Waals surface area contributed by atoms with Crippen LogP contribution in [0.5, 0.6) is 5.75 Å². The predicted molar refractivity (Wildman–Crippen MR) is 66.7 cm³/mol. The van der Waals surface area contributed by atoms with Gasteiger partial charge in [0.1, 0.15) is 11.9 Å². The van der Waals surface area contributed by atoms with Crippen molar-refractivity contribution in [1.29, 1.82) is 0 Å². The van der Waals surface area contributed by atoms with Gasteiger partial charge >= 0.3 is 5.97 Å². The van der Waals surface area contributed by atoms with Crippen molar-refractivity contribution in [3.8, 4) is 5.75 Å². The second-order valence-electron chi connectivity index (χ2n) is 4.20. The van der Waals surface area contributed by atoms with Gasteiger partial charge in [-0.3, -0.25) is 0 Å². The van der Waals surface area contributed by atoms with Gasteiger partial charge in [0, 0.05) is 12.3 Å². The first-order chi connectivity index (χ1) is 8.70. The Labute approximate surface area is 106 Å². The largest absolute Gasteiger partial charge is 0.497 e. The number of carbonyl (C=O) groups is 1. The molecule has 0 bridgehead atoms. The first-order valence-electron chi connectivity index (χ1n) is 5.93. The standard InChI is InChI=1S/C13H17NO4/c1-16-9-4-5-12(14)11(7-9)13(15)18-10-3-2-6-17-8-10/h4-5,7,10H,2-3,6,8,14H2,1H3. The Morgan fingerprint density at radius 3 is 3.00 bits per heavy atom. The Morgan fingerprint density at radius 1 is 1.50 bits per heavy atom. The summed E-state index contributed by atoms with van der Waals surface area (Å²) in [5.74, 6) is 0.151. The van der Waals surface area contributed by atoms with E-state index in [-0.39, 0.29) is 6.10 Å². The van der Waals surface area contributed by atoms with Crippen molar-refractivity contribution in [3.63, 3.8) is 0 Å². The predicted octanol–water partition coefficient (Wildman–Crippen LogP) is 1.61. The molecule has 1 aromatic rings. The molecule has 18 heavy (non-hydrogen) atoms. The zero-order valence-electron chi connectivity index (χ0n) is 10.3. The Morgan fingerprint density at radius 2 is 2.33 bits per heavy atom. The molecule has 1 aromatic carbocycles. The minimum absolute atomic E-state index is 0.183. The lowest BCUT2D eigenvalue weighted by Gasteiger charge is -2.22. The third-order valence-electron chi connectivity index (χ3n) is 2.87. The fourth-order valence-electron chi connectivity index (χ4n) is 1.86. The number of methoxy groups -OCH3 is 1. The summed E-state index contributed by atoms with van der Waals surface area (Å²) in [7, 11) is 1.54. The summed E-state index contributed by atoms with van der Waals surface area (Å²) in [6.45, 7) is 1.19. The van der Waals surface area contributed by atoms with Crippen molar-refractivity contribution in [3.05, 3.63) is 23.8 Å². The van der Waals surface area contributed by atoms with Gasteiger partial charge in [-0.15, -0.1) is 0 Å². The van der Waals surface area contributed by atoms with Crippen LogP contribution in [0.15, 0.2) is 18.2 Å². The van der Waals surface area contributed by atoms with E-state index in [1.165, 1.54) is 7.11 Å². The SMILES string of the molecule is COc1ccc(N)c(C(=O)OC2CCCOC2)c1. The van der Waals surface area contributed by atoms with Crippen LogP contribution >= 0.6 is 0 Å². The van der Waals surface area contributed by atoms with E-state index in [2.05, 4.69) is 0 Å². The molecule has 1 saturated heterocycles. The average Bonchev–Trinajstić information content (AvgIpc) is 2.40. The lowest BCUT2D eigenvalue weighted by molar-refractivity contribution is -0.0305. The summed E-state index contributed by atoms with van der Waals surface area (Å²) < 4.78 is 15.7. The van der Waals surface area contributed by atoms with Crippen LogP contribution in [0, 0.1) is 0 Å². The molecule has 1 aliphatic rings. The van der Waals surface area contributed by atoms with E-state index >= 15 is 0 Å². The highest BCUT2D eigenvalue weighted by Crippen LogP contribution is 2.21. The molecule has 0 radical (unpaired) electrons. The summed E-state index contributed by atoms with van der Waals surface area (Å²) in [5, 5.41) is 0. The highest BCUT2D eigenvalue weighted by molar-refractivity contribution is 5.95. The molecule has 0 spiro atoms. The first-order valence-corrected chi connectivity index (χ1v) is 5.93. The maximum Gasteiger partial charge on any atom is 0.340 e. The number of nitrogen functional groups attached to an aromatic ring is 1. The molecule has 5 heteroatoms. The Balaban J connectivity index is 2.07. The van der Waals surface area contributed by atoms with Crippen LogP contribution in [0.1, 0.15) is 23.2 Å². The van der Waals surface area contributed by atoms with Crippen LogP contribution < -0.4 is 10.5 Å². The monoisotopic (exact) mass is 251 g/mol. The topological polar surface area (TPSA) is 70.8 Å². The molecular weight excluding hydrogens is 234 g/mol. The maximum atomic E-state index is 12.0. The molecule has 1 heterocycles. The third-order valence-corrected chi connectivity index (χ3v) is 2.87. The number of esters is 1. The fourth-order valence-corrected chi connectivity index (χ4v) is 1.86.